The van der Waals surface area contributed by atoms with Gasteiger partial charge < -0.3 is 11.1 Å². The SMILES string of the molecule is N[C@@H]1CC[C@H](NC(=O)CC2Cc3ccccc3C2)C1. The van der Waals surface area contributed by atoms with Gasteiger partial charge in [0, 0.05) is 18.5 Å². The van der Waals surface area contributed by atoms with E-state index in [1.54, 1.807) is 0 Å². The molecule has 1 aromatic carbocycles. The first-order chi connectivity index (χ1) is 9.20. The van der Waals surface area contributed by atoms with Crippen molar-refractivity contribution in [2.75, 3.05) is 0 Å². The van der Waals surface area contributed by atoms with Gasteiger partial charge in [-0.3, -0.25) is 4.79 Å². The van der Waals surface area contributed by atoms with Gasteiger partial charge in [-0.1, -0.05) is 24.3 Å². The van der Waals surface area contributed by atoms with Crippen molar-refractivity contribution in [1.82, 2.24) is 5.32 Å². The minimum absolute atomic E-state index is 0.205. The van der Waals surface area contributed by atoms with E-state index in [9.17, 15) is 4.79 Å². The molecule has 1 saturated carbocycles. The predicted octanol–water partition coefficient (Wildman–Crippen LogP) is 1.79. The zero-order valence-corrected chi connectivity index (χ0v) is 11.3. The predicted molar refractivity (Wildman–Crippen MR) is 75.7 cm³/mol. The molecule has 1 aromatic rings. The number of hydrogen-bond acceptors (Lipinski definition) is 2. The van der Waals surface area contributed by atoms with Crippen LogP contribution in [0.2, 0.25) is 0 Å². The van der Waals surface area contributed by atoms with Crippen molar-refractivity contribution in [3.8, 4) is 0 Å². The van der Waals surface area contributed by atoms with Crippen LogP contribution < -0.4 is 11.1 Å². The molecule has 0 heterocycles. The van der Waals surface area contributed by atoms with E-state index in [0.29, 0.717) is 18.4 Å². The van der Waals surface area contributed by atoms with Crippen LogP contribution in [0, 0.1) is 5.92 Å². The molecular formula is C16H22N2O. The van der Waals surface area contributed by atoms with Gasteiger partial charge in [0.25, 0.3) is 0 Å². The lowest BCUT2D eigenvalue weighted by atomic mass is 10.0. The number of nitrogens with two attached hydrogens (primary N) is 1. The van der Waals surface area contributed by atoms with E-state index in [-0.39, 0.29) is 11.9 Å². The second kappa shape index (κ2) is 5.33. The molecule has 102 valence electrons. The van der Waals surface area contributed by atoms with Crippen LogP contribution in [0.25, 0.3) is 0 Å². The zero-order chi connectivity index (χ0) is 13.2. The second-order valence-electron chi connectivity index (χ2n) is 6.08. The molecule has 0 aromatic heterocycles. The molecule has 2 atom stereocenters. The summed E-state index contributed by atoms with van der Waals surface area (Å²) in [6, 6.07) is 9.13. The van der Waals surface area contributed by atoms with E-state index in [1.165, 1.54) is 11.1 Å². The number of benzene rings is 1. The van der Waals surface area contributed by atoms with Crippen LogP contribution in [0.1, 0.15) is 36.8 Å². The maximum Gasteiger partial charge on any atom is 0.220 e. The lowest BCUT2D eigenvalue weighted by Gasteiger charge is -2.14. The Morgan fingerprint density at radius 2 is 1.89 bits per heavy atom. The maximum atomic E-state index is 12.1. The molecule has 2 aliphatic carbocycles. The fourth-order valence-corrected chi connectivity index (χ4v) is 3.49. The van der Waals surface area contributed by atoms with Crippen LogP contribution in [0.4, 0.5) is 0 Å². The standard InChI is InChI=1S/C16H22N2O/c17-14-5-6-15(10-14)18-16(19)9-11-7-12-3-1-2-4-13(12)8-11/h1-4,11,14-15H,5-10,17H2,(H,18,19)/t14-,15+/m1/s1. The molecule has 0 aliphatic heterocycles. The van der Waals surface area contributed by atoms with Crippen LogP contribution in [-0.4, -0.2) is 18.0 Å². The second-order valence-corrected chi connectivity index (χ2v) is 6.08. The molecule has 3 heteroatoms. The van der Waals surface area contributed by atoms with Gasteiger partial charge in [0.05, 0.1) is 0 Å². The first-order valence-corrected chi connectivity index (χ1v) is 7.32. The first-order valence-electron chi connectivity index (χ1n) is 7.32. The Kier molecular flexibility index (Phi) is 3.56. The van der Waals surface area contributed by atoms with Crippen LogP contribution in [0.3, 0.4) is 0 Å². The summed E-state index contributed by atoms with van der Waals surface area (Å²) in [7, 11) is 0. The Morgan fingerprint density at radius 3 is 2.47 bits per heavy atom. The largest absolute Gasteiger partial charge is 0.353 e. The van der Waals surface area contributed by atoms with E-state index in [0.717, 1.165) is 32.1 Å². The molecule has 1 amide bonds. The fourth-order valence-electron chi connectivity index (χ4n) is 3.49. The monoisotopic (exact) mass is 258 g/mol. The van der Waals surface area contributed by atoms with Crippen LogP contribution in [0.15, 0.2) is 24.3 Å². The molecule has 1 fully saturated rings. The van der Waals surface area contributed by atoms with Crippen molar-refractivity contribution in [2.24, 2.45) is 11.7 Å². The molecule has 3 rings (SSSR count). The van der Waals surface area contributed by atoms with Crippen LogP contribution in [-0.2, 0) is 17.6 Å². The summed E-state index contributed by atoms with van der Waals surface area (Å²) in [6.07, 6.45) is 5.77. The number of rotatable bonds is 3. The van der Waals surface area contributed by atoms with Gasteiger partial charge in [-0.2, -0.15) is 0 Å². The van der Waals surface area contributed by atoms with Gasteiger partial charge >= 0.3 is 0 Å². The average molecular weight is 258 g/mol. The van der Waals surface area contributed by atoms with Gasteiger partial charge in [0.2, 0.25) is 5.91 Å². The third-order valence-corrected chi connectivity index (χ3v) is 4.45. The molecule has 0 saturated heterocycles. The van der Waals surface area contributed by atoms with Crippen molar-refractivity contribution in [3.05, 3.63) is 35.4 Å². The number of amides is 1. The number of fused-ring (bicyclic) bond motifs is 1. The minimum atomic E-state index is 0.205. The molecule has 0 unspecified atom stereocenters. The molecule has 0 spiro atoms. The molecule has 2 aliphatic rings. The number of carbonyl (C=O) groups is 1. The molecular weight excluding hydrogens is 236 g/mol. The summed E-state index contributed by atoms with van der Waals surface area (Å²) in [4.78, 5) is 12.1. The van der Waals surface area contributed by atoms with Crippen molar-refractivity contribution in [3.63, 3.8) is 0 Å². The highest BCUT2D eigenvalue weighted by atomic mass is 16.1. The van der Waals surface area contributed by atoms with Gasteiger partial charge in [-0.15, -0.1) is 0 Å². The summed E-state index contributed by atoms with van der Waals surface area (Å²) < 4.78 is 0. The average Bonchev–Trinajstić information content (AvgIpc) is 2.94. The van der Waals surface area contributed by atoms with Gasteiger partial charge in [0.1, 0.15) is 0 Å². The van der Waals surface area contributed by atoms with Gasteiger partial charge in [-0.05, 0) is 49.1 Å². The Hall–Kier alpha value is -1.35. The summed E-state index contributed by atoms with van der Waals surface area (Å²) in [5.74, 6) is 0.685. The van der Waals surface area contributed by atoms with Crippen LogP contribution >= 0.6 is 0 Å². The highest BCUT2D eigenvalue weighted by molar-refractivity contribution is 5.76. The molecule has 19 heavy (non-hydrogen) atoms. The minimum Gasteiger partial charge on any atom is -0.353 e. The molecule has 0 bridgehead atoms. The molecule has 3 nitrogen and oxygen atoms in total. The highest BCUT2D eigenvalue weighted by Gasteiger charge is 2.26. The molecule has 3 N–H and O–H groups in total. The van der Waals surface area contributed by atoms with E-state index >= 15 is 0 Å². The van der Waals surface area contributed by atoms with E-state index in [1.807, 2.05) is 0 Å². The Balaban J connectivity index is 1.49. The summed E-state index contributed by atoms with van der Waals surface area (Å²) >= 11 is 0. The first kappa shape index (κ1) is 12.7. The fraction of sp³-hybridized carbons (Fsp3) is 0.562. The number of hydrogen-bond donors (Lipinski definition) is 2. The lowest BCUT2D eigenvalue weighted by Crippen LogP contribution is -2.35. The zero-order valence-electron chi connectivity index (χ0n) is 11.3. The normalized spacial score (nSPS) is 26.4. The smallest absolute Gasteiger partial charge is 0.220 e. The quantitative estimate of drug-likeness (QED) is 0.868. The molecule has 0 radical (unpaired) electrons. The summed E-state index contributed by atoms with van der Waals surface area (Å²) in [5, 5.41) is 3.14. The van der Waals surface area contributed by atoms with Crippen molar-refractivity contribution < 1.29 is 4.79 Å². The van der Waals surface area contributed by atoms with Crippen molar-refractivity contribution in [2.45, 2.75) is 50.6 Å². The van der Waals surface area contributed by atoms with Crippen LogP contribution in [0.5, 0.6) is 0 Å². The summed E-state index contributed by atoms with van der Waals surface area (Å²) in [6.45, 7) is 0. The Labute approximate surface area is 114 Å². The number of nitrogens with one attached hydrogen (secondary N) is 1. The number of carbonyl (C=O) groups excluding carboxylic acids is 1. The maximum absolute atomic E-state index is 12.1. The van der Waals surface area contributed by atoms with E-state index < -0.39 is 0 Å². The Morgan fingerprint density at radius 1 is 1.21 bits per heavy atom. The highest BCUT2D eigenvalue weighted by Crippen LogP contribution is 2.28. The van der Waals surface area contributed by atoms with E-state index in [4.69, 9.17) is 5.73 Å². The third-order valence-electron chi connectivity index (χ3n) is 4.45. The lowest BCUT2D eigenvalue weighted by molar-refractivity contribution is -0.122. The van der Waals surface area contributed by atoms with Crippen molar-refractivity contribution >= 4 is 5.91 Å². The third kappa shape index (κ3) is 2.98. The topological polar surface area (TPSA) is 55.1 Å². The van der Waals surface area contributed by atoms with Crippen molar-refractivity contribution in [1.29, 1.82) is 0 Å². The van der Waals surface area contributed by atoms with Gasteiger partial charge in [0.15, 0.2) is 0 Å². The van der Waals surface area contributed by atoms with E-state index in [2.05, 4.69) is 29.6 Å². The van der Waals surface area contributed by atoms with Gasteiger partial charge in [-0.25, -0.2) is 0 Å². The summed E-state index contributed by atoms with van der Waals surface area (Å²) in [5.41, 5.74) is 8.71. The Bertz CT molecular complexity index is 447.